The molecule has 0 spiro atoms. The van der Waals surface area contributed by atoms with Gasteiger partial charge in [0.15, 0.2) is 4.80 Å². The van der Waals surface area contributed by atoms with Gasteiger partial charge in [0.05, 0.1) is 23.4 Å². The maximum atomic E-state index is 14.2. The summed E-state index contributed by atoms with van der Waals surface area (Å²) in [6, 6.07) is 28.7. The molecule has 198 valence electrons. The molecule has 1 aliphatic carbocycles. The van der Waals surface area contributed by atoms with Crippen molar-refractivity contribution in [3.05, 3.63) is 144 Å². The molecule has 0 amide bonds. The number of para-hydroxylation sites is 2. The second-order valence-corrected chi connectivity index (χ2v) is 11.4. The first kappa shape index (κ1) is 24.6. The Morgan fingerprint density at radius 1 is 0.950 bits per heavy atom. The van der Waals surface area contributed by atoms with Crippen molar-refractivity contribution < 1.29 is 4.74 Å². The van der Waals surface area contributed by atoms with Crippen LogP contribution in [0, 0.1) is 13.8 Å². The molecule has 2 aromatic heterocycles. The quantitative estimate of drug-likeness (QED) is 0.291. The Hall–Kier alpha value is -4.42. The summed E-state index contributed by atoms with van der Waals surface area (Å²) in [7, 11) is 1.69. The van der Waals surface area contributed by atoms with Crippen molar-refractivity contribution in [2.45, 2.75) is 32.7 Å². The number of nitrogens with zero attached hydrogens (tertiary/aromatic N) is 3. The number of aryl methyl sites for hydroxylation is 2. The van der Waals surface area contributed by atoms with E-state index in [2.05, 4.69) is 66.9 Å². The minimum absolute atomic E-state index is 0.0189. The molecular weight excluding hydrogens is 514 g/mol. The number of hydrogen-bond donors (Lipinski definition) is 0. The van der Waals surface area contributed by atoms with Crippen molar-refractivity contribution in [2.24, 2.45) is 4.99 Å². The number of allylic oxidation sites excluding steroid dienone is 1. The normalized spacial score (nSPS) is 16.3. The highest BCUT2D eigenvalue weighted by Crippen LogP contribution is 2.43. The summed E-state index contributed by atoms with van der Waals surface area (Å²) in [5, 5.41) is 0. The van der Waals surface area contributed by atoms with Gasteiger partial charge in [-0.3, -0.25) is 9.36 Å². The van der Waals surface area contributed by atoms with Crippen LogP contribution in [0.3, 0.4) is 0 Å². The Morgan fingerprint density at radius 2 is 1.70 bits per heavy atom. The van der Waals surface area contributed by atoms with E-state index in [1.165, 1.54) is 22.5 Å². The molecular formula is C34H29N3O2S. The second kappa shape index (κ2) is 9.65. The molecule has 0 saturated heterocycles. The van der Waals surface area contributed by atoms with Gasteiger partial charge < -0.3 is 9.30 Å². The van der Waals surface area contributed by atoms with Gasteiger partial charge in [0.25, 0.3) is 5.56 Å². The van der Waals surface area contributed by atoms with Crippen LogP contribution >= 0.6 is 11.3 Å². The van der Waals surface area contributed by atoms with Crippen LogP contribution in [0.25, 0.3) is 17.5 Å². The molecule has 0 saturated carbocycles. The van der Waals surface area contributed by atoms with E-state index in [1.54, 1.807) is 7.11 Å². The Balaban J connectivity index is 1.46. The SMILES string of the molecule is COc1ccccc1[C@H]1C2=C(N=c3s/c(=C/c4cc(C)n(-c5ccccc5)c4C)c(=O)n31)c1ccccc1CC2. The molecule has 0 N–H and O–H groups in total. The number of fused-ring (bicyclic) bond motifs is 3. The fourth-order valence-electron chi connectivity index (χ4n) is 6.24. The van der Waals surface area contributed by atoms with Crippen molar-refractivity contribution in [1.82, 2.24) is 9.13 Å². The zero-order chi connectivity index (χ0) is 27.4. The van der Waals surface area contributed by atoms with Crippen LogP contribution in [-0.4, -0.2) is 16.2 Å². The van der Waals surface area contributed by atoms with E-state index in [0.717, 1.165) is 62.9 Å². The third-order valence-electron chi connectivity index (χ3n) is 8.08. The molecule has 0 radical (unpaired) electrons. The minimum atomic E-state index is -0.269. The van der Waals surface area contributed by atoms with E-state index < -0.39 is 0 Å². The number of thiazole rings is 1. The molecule has 3 heterocycles. The van der Waals surface area contributed by atoms with Crippen LogP contribution in [0.15, 0.2) is 100 Å². The topological polar surface area (TPSA) is 48.5 Å². The Bertz CT molecular complexity index is 1990. The van der Waals surface area contributed by atoms with E-state index in [4.69, 9.17) is 9.73 Å². The van der Waals surface area contributed by atoms with Crippen molar-refractivity contribution in [3.63, 3.8) is 0 Å². The zero-order valence-corrected chi connectivity index (χ0v) is 23.5. The first-order chi connectivity index (χ1) is 19.5. The number of aromatic nitrogens is 2. The van der Waals surface area contributed by atoms with E-state index >= 15 is 0 Å². The van der Waals surface area contributed by atoms with Gasteiger partial charge in [0, 0.05) is 28.2 Å². The Morgan fingerprint density at radius 3 is 2.52 bits per heavy atom. The highest BCUT2D eigenvalue weighted by Gasteiger charge is 2.34. The molecule has 0 fully saturated rings. The third kappa shape index (κ3) is 3.82. The van der Waals surface area contributed by atoms with Crippen LogP contribution in [0.5, 0.6) is 5.75 Å². The van der Waals surface area contributed by atoms with Crippen LogP contribution in [0.2, 0.25) is 0 Å². The Labute approximate surface area is 236 Å². The van der Waals surface area contributed by atoms with E-state index in [9.17, 15) is 4.79 Å². The van der Waals surface area contributed by atoms with Gasteiger partial charge >= 0.3 is 0 Å². The standard InChI is InChI=1S/C34H29N3O2S/c1-21-19-24(22(2)36(21)25-12-5-4-6-13-25)20-30-33(38)37-32(27-15-9-10-16-29(27)39-3)28-18-17-23-11-7-8-14-26(23)31(28)35-34(37)40-30/h4-16,19-20,32H,17-18H2,1-3H3/b30-20+/t32-/m0/s1. The molecule has 3 aromatic carbocycles. The van der Waals surface area contributed by atoms with Gasteiger partial charge in [-0.05, 0) is 73.7 Å². The molecule has 1 atom stereocenters. The van der Waals surface area contributed by atoms with E-state index in [1.807, 2.05) is 47.0 Å². The number of methoxy groups -OCH3 is 1. The van der Waals surface area contributed by atoms with Crippen LogP contribution in [0.1, 0.15) is 46.1 Å². The third-order valence-corrected chi connectivity index (χ3v) is 9.06. The number of hydrogen-bond acceptors (Lipinski definition) is 4. The van der Waals surface area contributed by atoms with Gasteiger partial charge in [0.1, 0.15) is 5.75 Å². The fraction of sp³-hybridized carbons (Fsp3) is 0.176. The van der Waals surface area contributed by atoms with E-state index in [0.29, 0.717) is 4.53 Å². The number of ether oxygens (including phenoxy) is 1. The lowest BCUT2D eigenvalue weighted by Gasteiger charge is -2.31. The van der Waals surface area contributed by atoms with Gasteiger partial charge in [-0.15, -0.1) is 0 Å². The van der Waals surface area contributed by atoms with Gasteiger partial charge in [-0.2, -0.15) is 0 Å². The summed E-state index contributed by atoms with van der Waals surface area (Å²) >= 11 is 1.46. The molecule has 5 nitrogen and oxygen atoms in total. The van der Waals surface area contributed by atoms with Crippen LogP contribution in [0.4, 0.5) is 0 Å². The lowest BCUT2D eigenvalue weighted by Crippen LogP contribution is -2.39. The first-order valence-corrected chi connectivity index (χ1v) is 14.4. The highest BCUT2D eigenvalue weighted by atomic mass is 32.1. The summed E-state index contributed by atoms with van der Waals surface area (Å²) in [5.41, 5.74) is 9.97. The summed E-state index contributed by atoms with van der Waals surface area (Å²) in [6.07, 6.45) is 3.80. The van der Waals surface area contributed by atoms with Crippen molar-refractivity contribution in [3.8, 4) is 11.4 Å². The molecule has 1 aliphatic heterocycles. The maximum Gasteiger partial charge on any atom is 0.271 e. The molecule has 6 heteroatoms. The average Bonchev–Trinajstić information content (AvgIpc) is 3.45. The van der Waals surface area contributed by atoms with Gasteiger partial charge in [-0.1, -0.05) is 72.0 Å². The molecule has 7 rings (SSSR count). The minimum Gasteiger partial charge on any atom is -0.496 e. The summed E-state index contributed by atoms with van der Waals surface area (Å²) in [5.74, 6) is 0.779. The van der Waals surface area contributed by atoms with Gasteiger partial charge in [-0.25, -0.2) is 4.99 Å². The summed E-state index contributed by atoms with van der Waals surface area (Å²) < 4.78 is 10.6. The molecule has 40 heavy (non-hydrogen) atoms. The molecule has 0 bridgehead atoms. The second-order valence-electron chi connectivity index (χ2n) is 10.4. The maximum absolute atomic E-state index is 14.2. The molecule has 0 unspecified atom stereocenters. The lowest BCUT2D eigenvalue weighted by molar-refractivity contribution is 0.402. The number of rotatable bonds is 4. The van der Waals surface area contributed by atoms with Crippen molar-refractivity contribution in [1.29, 1.82) is 0 Å². The van der Waals surface area contributed by atoms with E-state index in [-0.39, 0.29) is 11.6 Å². The van der Waals surface area contributed by atoms with Gasteiger partial charge in [0.2, 0.25) is 0 Å². The zero-order valence-electron chi connectivity index (χ0n) is 22.7. The lowest BCUT2D eigenvalue weighted by atomic mass is 9.83. The van der Waals surface area contributed by atoms with Crippen molar-refractivity contribution >= 4 is 23.1 Å². The predicted octanol–water partition coefficient (Wildman–Crippen LogP) is 5.73. The average molecular weight is 544 g/mol. The monoisotopic (exact) mass is 543 g/mol. The smallest absolute Gasteiger partial charge is 0.271 e. The predicted molar refractivity (Wildman–Crippen MR) is 161 cm³/mol. The highest BCUT2D eigenvalue weighted by molar-refractivity contribution is 7.07. The van der Waals surface area contributed by atoms with Crippen molar-refractivity contribution in [2.75, 3.05) is 7.11 Å². The summed E-state index contributed by atoms with van der Waals surface area (Å²) in [6.45, 7) is 4.21. The fourth-order valence-corrected chi connectivity index (χ4v) is 7.23. The molecule has 2 aliphatic rings. The van der Waals surface area contributed by atoms with Crippen LogP contribution < -0.4 is 19.6 Å². The molecule has 5 aromatic rings. The summed E-state index contributed by atoms with van der Waals surface area (Å²) in [4.78, 5) is 20.1. The largest absolute Gasteiger partial charge is 0.496 e. The first-order valence-electron chi connectivity index (χ1n) is 13.6. The Kier molecular flexibility index (Phi) is 5.93. The number of benzene rings is 3. The van der Waals surface area contributed by atoms with Crippen LogP contribution in [-0.2, 0) is 6.42 Å².